The Hall–Kier alpha value is -2.27. The van der Waals surface area contributed by atoms with Gasteiger partial charge in [-0.15, -0.1) is 0 Å². The highest BCUT2D eigenvalue weighted by atomic mass is 16.2. The quantitative estimate of drug-likeness (QED) is 0.837. The molecule has 0 saturated heterocycles. The Balaban J connectivity index is 1.73. The lowest BCUT2D eigenvalue weighted by molar-refractivity contribution is -0.123. The molecular weight excluding hydrogens is 324 g/mol. The standard InChI is InChI=1S/C21H28N4O/c1-15-13-14-22-20(23-15)19(17-9-5-3-6-10-17)24-16(2)21(26)25-18-11-7-4-8-12-18/h3,5-6,9-10,13-14,16,18-19,24H,4,7-8,11-12H2,1-2H3,(H,25,26)/t16-,19+/m0/s1. The highest BCUT2D eigenvalue weighted by molar-refractivity contribution is 5.81. The average molecular weight is 352 g/mol. The maximum Gasteiger partial charge on any atom is 0.237 e. The molecule has 0 aliphatic heterocycles. The highest BCUT2D eigenvalue weighted by Gasteiger charge is 2.24. The third kappa shape index (κ3) is 4.88. The van der Waals surface area contributed by atoms with Gasteiger partial charge in [-0.2, -0.15) is 0 Å². The first-order chi connectivity index (χ1) is 12.6. The molecule has 1 aliphatic rings. The number of hydrogen-bond acceptors (Lipinski definition) is 4. The molecule has 1 saturated carbocycles. The molecule has 1 fully saturated rings. The summed E-state index contributed by atoms with van der Waals surface area (Å²) in [7, 11) is 0. The number of amides is 1. The lowest BCUT2D eigenvalue weighted by atomic mass is 9.95. The van der Waals surface area contributed by atoms with Crippen LogP contribution < -0.4 is 10.6 Å². The minimum absolute atomic E-state index is 0.0467. The zero-order chi connectivity index (χ0) is 18.4. The van der Waals surface area contributed by atoms with Crippen LogP contribution in [0.2, 0.25) is 0 Å². The molecule has 0 radical (unpaired) electrons. The molecule has 138 valence electrons. The van der Waals surface area contributed by atoms with E-state index in [4.69, 9.17) is 0 Å². The number of hydrogen-bond donors (Lipinski definition) is 2. The van der Waals surface area contributed by atoms with Crippen LogP contribution in [0.15, 0.2) is 42.6 Å². The first-order valence-electron chi connectivity index (χ1n) is 9.54. The van der Waals surface area contributed by atoms with Crippen molar-refractivity contribution in [3.63, 3.8) is 0 Å². The number of carbonyl (C=O) groups excluding carboxylic acids is 1. The van der Waals surface area contributed by atoms with Crippen molar-refractivity contribution in [1.82, 2.24) is 20.6 Å². The molecule has 0 bridgehead atoms. The van der Waals surface area contributed by atoms with Crippen molar-refractivity contribution >= 4 is 5.91 Å². The Morgan fingerprint density at radius 2 is 1.85 bits per heavy atom. The van der Waals surface area contributed by atoms with Gasteiger partial charge in [0, 0.05) is 17.9 Å². The van der Waals surface area contributed by atoms with Crippen LogP contribution >= 0.6 is 0 Å². The minimum Gasteiger partial charge on any atom is -0.352 e. The largest absolute Gasteiger partial charge is 0.352 e. The van der Waals surface area contributed by atoms with E-state index in [9.17, 15) is 4.79 Å². The summed E-state index contributed by atoms with van der Waals surface area (Å²) in [6.07, 6.45) is 7.62. The van der Waals surface area contributed by atoms with Crippen LogP contribution in [0.1, 0.15) is 62.2 Å². The van der Waals surface area contributed by atoms with Crippen molar-refractivity contribution in [1.29, 1.82) is 0 Å². The molecule has 1 aromatic heterocycles. The van der Waals surface area contributed by atoms with Gasteiger partial charge in [0.25, 0.3) is 0 Å². The third-order valence-electron chi connectivity index (χ3n) is 4.97. The van der Waals surface area contributed by atoms with Crippen molar-refractivity contribution in [2.24, 2.45) is 0 Å². The van der Waals surface area contributed by atoms with Crippen molar-refractivity contribution in [2.75, 3.05) is 0 Å². The van der Waals surface area contributed by atoms with Crippen LogP contribution in [0.3, 0.4) is 0 Å². The molecule has 1 amide bonds. The normalized spacial score (nSPS) is 17.5. The Morgan fingerprint density at radius 1 is 1.12 bits per heavy atom. The fourth-order valence-corrected chi connectivity index (χ4v) is 3.47. The van der Waals surface area contributed by atoms with Crippen molar-refractivity contribution < 1.29 is 4.79 Å². The number of aryl methyl sites for hydroxylation is 1. The van der Waals surface area contributed by atoms with E-state index in [0.717, 1.165) is 24.1 Å². The van der Waals surface area contributed by atoms with E-state index >= 15 is 0 Å². The van der Waals surface area contributed by atoms with E-state index in [1.165, 1.54) is 19.3 Å². The summed E-state index contributed by atoms with van der Waals surface area (Å²) in [4.78, 5) is 21.7. The van der Waals surface area contributed by atoms with Gasteiger partial charge in [0.2, 0.25) is 5.91 Å². The first-order valence-corrected chi connectivity index (χ1v) is 9.54. The van der Waals surface area contributed by atoms with Crippen molar-refractivity contribution in [3.05, 3.63) is 59.7 Å². The maximum atomic E-state index is 12.7. The Labute approximate surface area is 155 Å². The van der Waals surface area contributed by atoms with E-state index in [2.05, 4.69) is 20.6 Å². The third-order valence-corrected chi connectivity index (χ3v) is 4.97. The molecule has 0 unspecified atom stereocenters. The van der Waals surface area contributed by atoms with Gasteiger partial charge < -0.3 is 5.32 Å². The summed E-state index contributed by atoms with van der Waals surface area (Å²) >= 11 is 0. The zero-order valence-corrected chi connectivity index (χ0v) is 15.6. The fraction of sp³-hybridized carbons (Fsp3) is 0.476. The summed E-state index contributed by atoms with van der Waals surface area (Å²) in [5.41, 5.74) is 1.97. The van der Waals surface area contributed by atoms with Gasteiger partial charge in [0.15, 0.2) is 0 Å². The molecule has 1 aliphatic carbocycles. The second-order valence-corrected chi connectivity index (χ2v) is 7.13. The van der Waals surface area contributed by atoms with E-state index in [1.807, 2.05) is 50.2 Å². The molecule has 2 atom stereocenters. The Kier molecular flexibility index (Phi) is 6.34. The van der Waals surface area contributed by atoms with Crippen LogP contribution in [0.25, 0.3) is 0 Å². The van der Waals surface area contributed by atoms with E-state index < -0.39 is 0 Å². The van der Waals surface area contributed by atoms with Crippen LogP contribution in [0.4, 0.5) is 0 Å². The molecule has 0 spiro atoms. The van der Waals surface area contributed by atoms with E-state index in [0.29, 0.717) is 11.9 Å². The van der Waals surface area contributed by atoms with Crippen LogP contribution in [-0.2, 0) is 4.79 Å². The number of carbonyl (C=O) groups is 1. The molecular formula is C21H28N4O. The Morgan fingerprint density at radius 3 is 2.54 bits per heavy atom. The molecule has 3 rings (SSSR count). The molecule has 26 heavy (non-hydrogen) atoms. The van der Waals surface area contributed by atoms with Gasteiger partial charge in [-0.05, 0) is 38.3 Å². The molecule has 2 N–H and O–H groups in total. The molecule has 5 heteroatoms. The predicted molar refractivity (Wildman–Crippen MR) is 103 cm³/mol. The number of benzene rings is 1. The van der Waals surface area contributed by atoms with Gasteiger partial charge >= 0.3 is 0 Å². The van der Waals surface area contributed by atoms with Crippen LogP contribution in [0.5, 0.6) is 0 Å². The average Bonchev–Trinajstić information content (AvgIpc) is 2.67. The smallest absolute Gasteiger partial charge is 0.237 e. The Bertz CT molecular complexity index is 713. The summed E-state index contributed by atoms with van der Waals surface area (Å²) < 4.78 is 0. The first kappa shape index (κ1) is 18.5. The molecule has 1 heterocycles. The van der Waals surface area contributed by atoms with E-state index in [1.54, 1.807) is 6.20 Å². The van der Waals surface area contributed by atoms with Crippen LogP contribution in [0, 0.1) is 6.92 Å². The van der Waals surface area contributed by atoms with E-state index in [-0.39, 0.29) is 18.0 Å². The lowest BCUT2D eigenvalue weighted by Gasteiger charge is -2.27. The minimum atomic E-state index is -0.328. The SMILES string of the molecule is Cc1ccnc([C@H](N[C@@H](C)C(=O)NC2CCCCC2)c2ccccc2)n1. The van der Waals surface area contributed by atoms with Gasteiger partial charge in [0.05, 0.1) is 12.1 Å². The van der Waals surface area contributed by atoms with Gasteiger partial charge in [-0.1, -0.05) is 49.6 Å². The fourth-order valence-electron chi connectivity index (χ4n) is 3.47. The van der Waals surface area contributed by atoms with Gasteiger partial charge in [-0.25, -0.2) is 9.97 Å². The van der Waals surface area contributed by atoms with Crippen molar-refractivity contribution in [2.45, 2.75) is 64.1 Å². The second-order valence-electron chi connectivity index (χ2n) is 7.13. The zero-order valence-electron chi connectivity index (χ0n) is 15.6. The highest BCUT2D eigenvalue weighted by Crippen LogP contribution is 2.20. The molecule has 1 aromatic carbocycles. The topological polar surface area (TPSA) is 66.9 Å². The molecule has 5 nitrogen and oxygen atoms in total. The van der Waals surface area contributed by atoms with Crippen LogP contribution in [-0.4, -0.2) is 28.0 Å². The summed E-state index contributed by atoms with van der Waals surface area (Å²) in [5, 5.41) is 6.63. The van der Waals surface area contributed by atoms with Crippen molar-refractivity contribution in [3.8, 4) is 0 Å². The van der Waals surface area contributed by atoms with Gasteiger partial charge in [-0.3, -0.25) is 10.1 Å². The number of nitrogens with one attached hydrogen (secondary N) is 2. The maximum absolute atomic E-state index is 12.7. The number of aromatic nitrogens is 2. The number of rotatable bonds is 6. The number of nitrogens with zero attached hydrogens (tertiary/aromatic N) is 2. The summed E-state index contributed by atoms with van der Waals surface area (Å²) in [6.45, 7) is 3.86. The molecule has 2 aromatic rings. The monoisotopic (exact) mass is 352 g/mol. The summed E-state index contributed by atoms with van der Waals surface area (Å²) in [5.74, 6) is 0.735. The second kappa shape index (κ2) is 8.90. The summed E-state index contributed by atoms with van der Waals surface area (Å²) in [6, 6.07) is 11.7. The van der Waals surface area contributed by atoms with Gasteiger partial charge in [0.1, 0.15) is 5.82 Å². The predicted octanol–water partition coefficient (Wildman–Crippen LogP) is 3.30. The lowest BCUT2D eigenvalue weighted by Crippen LogP contribution is -2.48.